The maximum Gasteiger partial charge on any atom is 0.227 e. The number of piperidine rings is 1. The summed E-state index contributed by atoms with van der Waals surface area (Å²) in [6.45, 7) is 2.53. The number of benzene rings is 2. The molecule has 2 aromatic rings. The van der Waals surface area contributed by atoms with Crippen molar-refractivity contribution in [3.8, 4) is 0 Å². The zero-order valence-corrected chi connectivity index (χ0v) is 17.9. The number of hydrogen-bond donors (Lipinski definition) is 1. The molecule has 1 heterocycles. The third kappa shape index (κ3) is 5.18. The van der Waals surface area contributed by atoms with Gasteiger partial charge in [-0.3, -0.25) is 4.79 Å². The number of halogens is 2. The molecule has 28 heavy (non-hydrogen) atoms. The second kappa shape index (κ2) is 8.71. The van der Waals surface area contributed by atoms with Gasteiger partial charge in [-0.15, -0.1) is 0 Å². The molecule has 1 aliphatic heterocycles. The topological polar surface area (TPSA) is 66.5 Å². The molecule has 1 amide bonds. The second-order valence-electron chi connectivity index (χ2n) is 7.03. The number of hydrogen-bond acceptors (Lipinski definition) is 3. The Bertz CT molecular complexity index is 956. The molecule has 1 N–H and O–H groups in total. The van der Waals surface area contributed by atoms with E-state index in [4.69, 9.17) is 0 Å². The van der Waals surface area contributed by atoms with Gasteiger partial charge in [-0.1, -0.05) is 45.8 Å². The highest BCUT2D eigenvalue weighted by atomic mass is 79.9. The number of carbonyl (C=O) groups excluding carboxylic acids is 1. The van der Waals surface area contributed by atoms with Crippen molar-refractivity contribution in [1.82, 2.24) is 4.31 Å². The maximum atomic E-state index is 13.9. The molecule has 8 heteroatoms. The molecule has 0 unspecified atom stereocenters. The molecular weight excluding hydrogens is 447 g/mol. The first-order valence-corrected chi connectivity index (χ1v) is 11.4. The summed E-state index contributed by atoms with van der Waals surface area (Å²) in [6.07, 6.45) is 0.828. The van der Waals surface area contributed by atoms with E-state index < -0.39 is 15.8 Å². The van der Waals surface area contributed by atoms with Crippen molar-refractivity contribution < 1.29 is 17.6 Å². The summed E-state index contributed by atoms with van der Waals surface area (Å²) < 4.78 is 41.2. The Morgan fingerprint density at radius 3 is 2.43 bits per heavy atom. The fraction of sp³-hybridized carbons (Fsp3) is 0.350. The summed E-state index contributed by atoms with van der Waals surface area (Å²) in [6, 6.07) is 11.9. The average Bonchev–Trinajstić information content (AvgIpc) is 2.66. The van der Waals surface area contributed by atoms with E-state index in [0.717, 1.165) is 11.1 Å². The van der Waals surface area contributed by atoms with Gasteiger partial charge in [0.1, 0.15) is 5.82 Å². The van der Waals surface area contributed by atoms with Crippen molar-refractivity contribution in [3.63, 3.8) is 0 Å². The van der Waals surface area contributed by atoms with Crippen LogP contribution in [0.1, 0.15) is 24.0 Å². The molecular formula is C20H22BrFN2O3S. The van der Waals surface area contributed by atoms with Crippen molar-refractivity contribution in [2.24, 2.45) is 5.92 Å². The summed E-state index contributed by atoms with van der Waals surface area (Å²) in [4.78, 5) is 12.4. The number of nitrogens with zero attached hydrogens (tertiary/aromatic N) is 1. The second-order valence-corrected chi connectivity index (χ2v) is 9.91. The highest BCUT2D eigenvalue weighted by Gasteiger charge is 2.31. The van der Waals surface area contributed by atoms with Crippen LogP contribution in [-0.4, -0.2) is 31.7 Å². The summed E-state index contributed by atoms with van der Waals surface area (Å²) >= 11 is 3.18. The van der Waals surface area contributed by atoms with Crippen LogP contribution in [0.3, 0.4) is 0 Å². The molecule has 1 saturated heterocycles. The maximum absolute atomic E-state index is 13.9. The average molecular weight is 469 g/mol. The Morgan fingerprint density at radius 2 is 1.82 bits per heavy atom. The smallest absolute Gasteiger partial charge is 0.227 e. The predicted molar refractivity (Wildman–Crippen MR) is 111 cm³/mol. The third-order valence-corrected chi connectivity index (χ3v) is 7.22. The molecule has 1 aliphatic rings. The van der Waals surface area contributed by atoms with Gasteiger partial charge in [0.25, 0.3) is 0 Å². The fourth-order valence-corrected chi connectivity index (χ4v) is 5.10. The van der Waals surface area contributed by atoms with E-state index in [9.17, 15) is 17.6 Å². The number of rotatable bonds is 5. The lowest BCUT2D eigenvalue weighted by Gasteiger charge is -2.30. The van der Waals surface area contributed by atoms with Crippen LogP contribution in [0, 0.1) is 18.7 Å². The number of anilines is 1. The molecule has 0 aliphatic carbocycles. The quantitative estimate of drug-likeness (QED) is 0.718. The number of nitrogens with one attached hydrogen (secondary N) is 1. The molecule has 0 spiro atoms. The van der Waals surface area contributed by atoms with E-state index in [0.29, 0.717) is 17.3 Å². The van der Waals surface area contributed by atoms with E-state index in [-0.39, 0.29) is 36.4 Å². The summed E-state index contributed by atoms with van der Waals surface area (Å²) in [5.41, 5.74) is 1.95. The van der Waals surface area contributed by atoms with Gasteiger partial charge in [0.15, 0.2) is 0 Å². The largest absolute Gasteiger partial charge is 0.323 e. The lowest BCUT2D eigenvalue weighted by molar-refractivity contribution is -0.120. The minimum atomic E-state index is -3.43. The van der Waals surface area contributed by atoms with E-state index >= 15 is 0 Å². The van der Waals surface area contributed by atoms with Gasteiger partial charge in [0, 0.05) is 23.5 Å². The Kier molecular flexibility index (Phi) is 6.52. The Balaban J connectivity index is 1.57. The molecule has 0 aromatic heterocycles. The summed E-state index contributed by atoms with van der Waals surface area (Å²) in [7, 11) is -3.43. The molecule has 0 atom stereocenters. The van der Waals surface area contributed by atoms with Gasteiger partial charge in [0.05, 0.1) is 11.4 Å². The van der Waals surface area contributed by atoms with Gasteiger partial charge in [-0.25, -0.2) is 17.1 Å². The van der Waals surface area contributed by atoms with Crippen LogP contribution in [0.5, 0.6) is 0 Å². The van der Waals surface area contributed by atoms with E-state index in [2.05, 4.69) is 21.2 Å². The van der Waals surface area contributed by atoms with Gasteiger partial charge in [-0.05, 0) is 43.5 Å². The lowest BCUT2D eigenvalue weighted by atomic mass is 9.97. The normalized spacial score (nSPS) is 16.1. The van der Waals surface area contributed by atoms with Gasteiger partial charge in [-0.2, -0.15) is 0 Å². The monoisotopic (exact) mass is 468 g/mol. The van der Waals surface area contributed by atoms with Crippen molar-refractivity contribution in [2.45, 2.75) is 25.5 Å². The van der Waals surface area contributed by atoms with Crippen LogP contribution in [0.25, 0.3) is 0 Å². The Morgan fingerprint density at radius 1 is 1.18 bits per heavy atom. The first kappa shape index (κ1) is 21.0. The molecule has 0 radical (unpaired) electrons. The van der Waals surface area contributed by atoms with Gasteiger partial charge >= 0.3 is 0 Å². The van der Waals surface area contributed by atoms with Crippen LogP contribution < -0.4 is 5.32 Å². The predicted octanol–water partition coefficient (Wildman–Crippen LogP) is 4.08. The van der Waals surface area contributed by atoms with E-state index in [1.165, 1.54) is 16.4 Å². The highest BCUT2D eigenvalue weighted by molar-refractivity contribution is 9.10. The van der Waals surface area contributed by atoms with Crippen LogP contribution in [-0.2, 0) is 20.6 Å². The lowest BCUT2D eigenvalue weighted by Crippen LogP contribution is -2.41. The fourth-order valence-electron chi connectivity index (χ4n) is 3.21. The molecule has 1 fully saturated rings. The number of carbonyl (C=O) groups is 1. The standard InChI is InChI=1S/C20H22BrFN2O3S/c1-14-2-4-15(5-3-14)13-28(26,27)24-10-8-16(9-11-24)20(25)23-19-7-6-17(21)12-18(19)22/h2-7,12,16H,8-11,13H2,1H3,(H,23,25). The molecule has 2 aromatic carbocycles. The first-order chi connectivity index (χ1) is 13.2. The van der Waals surface area contributed by atoms with Crippen LogP contribution in [0.15, 0.2) is 46.9 Å². The van der Waals surface area contributed by atoms with Crippen molar-refractivity contribution in [2.75, 3.05) is 18.4 Å². The van der Waals surface area contributed by atoms with Crippen molar-refractivity contribution >= 4 is 37.5 Å². The third-order valence-electron chi connectivity index (χ3n) is 4.88. The molecule has 0 bridgehead atoms. The van der Waals surface area contributed by atoms with Crippen LogP contribution >= 0.6 is 15.9 Å². The molecule has 5 nitrogen and oxygen atoms in total. The minimum absolute atomic E-state index is 0.0474. The Labute approximate surface area is 173 Å². The zero-order chi connectivity index (χ0) is 20.3. The van der Waals surface area contributed by atoms with Crippen LogP contribution in [0.2, 0.25) is 0 Å². The van der Waals surface area contributed by atoms with Gasteiger partial charge < -0.3 is 5.32 Å². The minimum Gasteiger partial charge on any atom is -0.323 e. The number of sulfonamides is 1. The number of amides is 1. The Hall–Kier alpha value is -1.77. The highest BCUT2D eigenvalue weighted by Crippen LogP contribution is 2.25. The van der Waals surface area contributed by atoms with Gasteiger partial charge in [0.2, 0.25) is 15.9 Å². The first-order valence-electron chi connectivity index (χ1n) is 9.04. The molecule has 150 valence electrons. The summed E-state index contributed by atoms with van der Waals surface area (Å²) in [5.74, 6) is -1.18. The SMILES string of the molecule is Cc1ccc(CS(=O)(=O)N2CCC(C(=O)Nc3ccc(Br)cc3F)CC2)cc1. The summed E-state index contributed by atoms with van der Waals surface area (Å²) in [5, 5.41) is 2.60. The zero-order valence-electron chi connectivity index (χ0n) is 15.5. The molecule has 0 saturated carbocycles. The van der Waals surface area contributed by atoms with E-state index in [1.54, 1.807) is 6.07 Å². The van der Waals surface area contributed by atoms with E-state index in [1.807, 2.05) is 31.2 Å². The molecule has 3 rings (SSSR count). The van der Waals surface area contributed by atoms with Crippen LogP contribution in [0.4, 0.5) is 10.1 Å². The van der Waals surface area contributed by atoms with Crippen molar-refractivity contribution in [3.05, 3.63) is 63.9 Å². The van der Waals surface area contributed by atoms with Crippen molar-refractivity contribution in [1.29, 1.82) is 0 Å². The number of aryl methyl sites for hydroxylation is 1.